The van der Waals surface area contributed by atoms with Gasteiger partial charge in [-0.05, 0) is 6.42 Å². The van der Waals surface area contributed by atoms with Crippen LogP contribution >= 0.6 is 0 Å². The predicted octanol–water partition coefficient (Wildman–Crippen LogP) is 3.48. The highest BCUT2D eigenvalue weighted by atomic mass is 15.7. The Kier molecular flexibility index (Phi) is 13.8. The van der Waals surface area contributed by atoms with Gasteiger partial charge >= 0.3 is 0 Å². The van der Waals surface area contributed by atoms with E-state index in [0.29, 0.717) is 0 Å². The molecule has 0 bridgehead atoms. The SMILES string of the molecule is CCCCCCCCCCCCN(NC)NC. The van der Waals surface area contributed by atoms with Crippen molar-refractivity contribution in [2.45, 2.75) is 71.1 Å². The third-order valence-corrected chi connectivity index (χ3v) is 3.28. The second-order valence-corrected chi connectivity index (χ2v) is 4.78. The maximum Gasteiger partial charge on any atom is 0.0288 e. The third-order valence-electron chi connectivity index (χ3n) is 3.28. The summed E-state index contributed by atoms with van der Waals surface area (Å²) in [6.45, 7) is 3.36. The van der Waals surface area contributed by atoms with Crippen molar-refractivity contribution in [3.8, 4) is 0 Å². The quantitative estimate of drug-likeness (QED) is 0.383. The van der Waals surface area contributed by atoms with Crippen LogP contribution in [0, 0.1) is 0 Å². The highest BCUT2D eigenvalue weighted by Crippen LogP contribution is 2.10. The summed E-state index contributed by atoms with van der Waals surface area (Å²) >= 11 is 0. The van der Waals surface area contributed by atoms with Crippen molar-refractivity contribution in [3.63, 3.8) is 0 Å². The van der Waals surface area contributed by atoms with Crippen LogP contribution in [-0.4, -0.2) is 25.8 Å². The van der Waals surface area contributed by atoms with E-state index in [1.165, 1.54) is 64.2 Å². The van der Waals surface area contributed by atoms with Crippen LogP contribution in [0.2, 0.25) is 0 Å². The minimum absolute atomic E-state index is 1.09. The molecule has 0 heterocycles. The summed E-state index contributed by atoms with van der Waals surface area (Å²) in [5.41, 5.74) is 6.21. The van der Waals surface area contributed by atoms with Crippen LogP contribution in [0.5, 0.6) is 0 Å². The first-order chi connectivity index (χ1) is 8.35. The van der Waals surface area contributed by atoms with Gasteiger partial charge in [0.1, 0.15) is 0 Å². The maximum atomic E-state index is 3.10. The Bertz CT molecular complexity index is 135. The highest BCUT2D eigenvalue weighted by Gasteiger charge is 1.97. The highest BCUT2D eigenvalue weighted by molar-refractivity contribution is 4.49. The van der Waals surface area contributed by atoms with E-state index in [-0.39, 0.29) is 0 Å². The van der Waals surface area contributed by atoms with E-state index < -0.39 is 0 Å². The summed E-state index contributed by atoms with van der Waals surface area (Å²) in [7, 11) is 3.90. The first-order valence-corrected chi connectivity index (χ1v) is 7.47. The summed E-state index contributed by atoms with van der Waals surface area (Å²) in [5, 5.41) is 2.03. The molecule has 0 atom stereocenters. The molecular formula is C14H33N3. The van der Waals surface area contributed by atoms with Crippen LogP contribution in [0.15, 0.2) is 0 Å². The molecule has 0 unspecified atom stereocenters. The lowest BCUT2D eigenvalue weighted by molar-refractivity contribution is 0.142. The summed E-state index contributed by atoms with van der Waals surface area (Å²) in [6.07, 6.45) is 14.0. The number of rotatable bonds is 13. The van der Waals surface area contributed by atoms with Gasteiger partial charge < -0.3 is 0 Å². The Morgan fingerprint density at radius 3 is 1.47 bits per heavy atom. The number of unbranched alkanes of at least 4 members (excludes halogenated alkanes) is 9. The standard InChI is InChI=1S/C14H33N3/c1-4-5-6-7-8-9-10-11-12-13-14-17(15-2)16-3/h15-16H,4-14H2,1-3H3. The number of hydrazine groups is 2. The normalized spacial score (nSPS) is 11.3. The van der Waals surface area contributed by atoms with Gasteiger partial charge in [-0.3, -0.25) is 0 Å². The number of nitrogens with one attached hydrogen (secondary N) is 2. The maximum absolute atomic E-state index is 3.10. The number of hydrogen-bond acceptors (Lipinski definition) is 3. The van der Waals surface area contributed by atoms with Gasteiger partial charge in [0, 0.05) is 20.6 Å². The first kappa shape index (κ1) is 16.9. The molecule has 0 saturated heterocycles. The molecule has 3 nitrogen and oxygen atoms in total. The fourth-order valence-electron chi connectivity index (χ4n) is 2.09. The van der Waals surface area contributed by atoms with E-state index in [1.54, 1.807) is 0 Å². The van der Waals surface area contributed by atoms with E-state index in [4.69, 9.17) is 0 Å². The molecule has 0 aromatic carbocycles. The molecule has 0 aromatic heterocycles. The van der Waals surface area contributed by atoms with E-state index >= 15 is 0 Å². The van der Waals surface area contributed by atoms with E-state index in [9.17, 15) is 0 Å². The summed E-state index contributed by atoms with van der Waals surface area (Å²) in [5.74, 6) is 0. The van der Waals surface area contributed by atoms with Crippen LogP contribution < -0.4 is 10.9 Å². The molecule has 0 aliphatic carbocycles. The minimum atomic E-state index is 1.09. The summed E-state index contributed by atoms with van der Waals surface area (Å²) in [6, 6.07) is 0. The topological polar surface area (TPSA) is 27.3 Å². The number of nitrogens with zero attached hydrogens (tertiary/aromatic N) is 1. The molecule has 0 spiro atoms. The van der Waals surface area contributed by atoms with Gasteiger partial charge in [0.05, 0.1) is 0 Å². The summed E-state index contributed by atoms with van der Waals surface area (Å²) < 4.78 is 0. The minimum Gasteiger partial charge on any atom is -0.245 e. The fourth-order valence-corrected chi connectivity index (χ4v) is 2.09. The van der Waals surface area contributed by atoms with E-state index in [2.05, 4.69) is 17.8 Å². The zero-order valence-electron chi connectivity index (χ0n) is 12.2. The second-order valence-electron chi connectivity index (χ2n) is 4.78. The molecule has 0 amide bonds. The van der Waals surface area contributed by atoms with Crippen molar-refractivity contribution in [2.75, 3.05) is 20.6 Å². The van der Waals surface area contributed by atoms with Crippen LogP contribution in [0.1, 0.15) is 71.1 Å². The molecule has 0 radical (unpaired) electrons. The second kappa shape index (κ2) is 13.9. The zero-order chi connectivity index (χ0) is 12.8. The molecule has 3 heteroatoms. The van der Waals surface area contributed by atoms with Crippen molar-refractivity contribution >= 4 is 0 Å². The van der Waals surface area contributed by atoms with Crippen LogP contribution in [0.25, 0.3) is 0 Å². The Balaban J connectivity index is 3.03. The molecule has 0 aliphatic heterocycles. The zero-order valence-corrected chi connectivity index (χ0v) is 12.2. The lowest BCUT2D eigenvalue weighted by Crippen LogP contribution is -2.44. The Morgan fingerprint density at radius 2 is 1.06 bits per heavy atom. The van der Waals surface area contributed by atoms with Crippen LogP contribution in [-0.2, 0) is 0 Å². The van der Waals surface area contributed by atoms with E-state index in [1.807, 2.05) is 19.2 Å². The Morgan fingerprint density at radius 1 is 0.647 bits per heavy atom. The van der Waals surface area contributed by atoms with Gasteiger partial charge in [0.25, 0.3) is 0 Å². The Hall–Kier alpha value is -0.120. The summed E-state index contributed by atoms with van der Waals surface area (Å²) in [4.78, 5) is 0. The first-order valence-electron chi connectivity index (χ1n) is 7.47. The average molecular weight is 243 g/mol. The predicted molar refractivity (Wildman–Crippen MR) is 76.7 cm³/mol. The molecule has 104 valence electrons. The van der Waals surface area contributed by atoms with Crippen molar-refractivity contribution in [3.05, 3.63) is 0 Å². The van der Waals surface area contributed by atoms with Crippen LogP contribution in [0.3, 0.4) is 0 Å². The molecule has 0 aromatic rings. The van der Waals surface area contributed by atoms with Crippen molar-refractivity contribution in [1.29, 1.82) is 0 Å². The smallest absolute Gasteiger partial charge is 0.0288 e. The van der Waals surface area contributed by atoms with Gasteiger partial charge in [-0.2, -0.15) is 5.12 Å². The molecule has 2 N–H and O–H groups in total. The van der Waals surface area contributed by atoms with Crippen molar-refractivity contribution in [2.24, 2.45) is 0 Å². The lowest BCUT2D eigenvalue weighted by Gasteiger charge is -2.18. The fraction of sp³-hybridized carbons (Fsp3) is 1.00. The Labute approximate surface area is 108 Å². The molecule has 17 heavy (non-hydrogen) atoms. The van der Waals surface area contributed by atoms with Crippen molar-refractivity contribution < 1.29 is 0 Å². The number of hydrogen-bond donors (Lipinski definition) is 2. The van der Waals surface area contributed by atoms with Gasteiger partial charge in [0.15, 0.2) is 0 Å². The molecule has 0 rings (SSSR count). The molecular weight excluding hydrogens is 210 g/mol. The van der Waals surface area contributed by atoms with Crippen LogP contribution in [0.4, 0.5) is 0 Å². The van der Waals surface area contributed by atoms with E-state index in [0.717, 1.165) is 6.54 Å². The monoisotopic (exact) mass is 243 g/mol. The lowest BCUT2D eigenvalue weighted by atomic mass is 10.1. The molecule has 0 aliphatic rings. The molecule has 0 saturated carbocycles. The van der Waals surface area contributed by atoms with Gasteiger partial charge in [-0.1, -0.05) is 64.7 Å². The largest absolute Gasteiger partial charge is 0.245 e. The molecule has 0 fully saturated rings. The van der Waals surface area contributed by atoms with Crippen molar-refractivity contribution in [1.82, 2.24) is 16.0 Å². The third kappa shape index (κ3) is 12.1. The average Bonchev–Trinajstić information content (AvgIpc) is 2.36. The van der Waals surface area contributed by atoms with Gasteiger partial charge in [-0.25, -0.2) is 10.9 Å². The van der Waals surface area contributed by atoms with Gasteiger partial charge in [-0.15, -0.1) is 0 Å². The van der Waals surface area contributed by atoms with Gasteiger partial charge in [0.2, 0.25) is 0 Å².